The Morgan fingerprint density at radius 1 is 1.30 bits per heavy atom. The Morgan fingerprint density at radius 3 is 2.55 bits per heavy atom. The Hall–Kier alpha value is -1.34. The van der Waals surface area contributed by atoms with Crippen molar-refractivity contribution in [3.63, 3.8) is 0 Å². The maximum atomic E-state index is 13.9. The van der Waals surface area contributed by atoms with Gasteiger partial charge in [-0.05, 0) is 25.1 Å². The van der Waals surface area contributed by atoms with Gasteiger partial charge in [-0.3, -0.25) is 0 Å². The standard InChI is InChI=1S/C13H17F4NO2/c1-18-10(7-20-8-13(15,16)17)6-9-4-3-5-11(19-2)12(9)14/h3-5,10,18H,6-8H2,1-2H3. The topological polar surface area (TPSA) is 30.5 Å². The molecule has 1 atom stereocenters. The Morgan fingerprint density at radius 2 is 2.00 bits per heavy atom. The van der Waals surface area contributed by atoms with Gasteiger partial charge in [0, 0.05) is 6.04 Å². The van der Waals surface area contributed by atoms with Crippen LogP contribution in [0.25, 0.3) is 0 Å². The second-order valence-corrected chi connectivity index (χ2v) is 4.25. The number of nitrogens with one attached hydrogen (secondary N) is 1. The van der Waals surface area contributed by atoms with Gasteiger partial charge in [-0.15, -0.1) is 0 Å². The van der Waals surface area contributed by atoms with Crippen molar-refractivity contribution in [3.8, 4) is 5.75 Å². The fourth-order valence-electron chi connectivity index (χ4n) is 1.70. The van der Waals surface area contributed by atoms with Gasteiger partial charge in [-0.1, -0.05) is 12.1 Å². The molecular formula is C13H17F4NO2. The molecule has 1 rings (SSSR count). The van der Waals surface area contributed by atoms with E-state index in [1.165, 1.54) is 13.2 Å². The zero-order valence-corrected chi connectivity index (χ0v) is 11.3. The summed E-state index contributed by atoms with van der Waals surface area (Å²) < 4.78 is 59.3. The quantitative estimate of drug-likeness (QED) is 0.784. The Balaban J connectivity index is 2.60. The normalized spacial score (nSPS) is 13.3. The smallest absolute Gasteiger partial charge is 0.411 e. The lowest BCUT2D eigenvalue weighted by Crippen LogP contribution is -2.34. The number of rotatable bonds is 7. The van der Waals surface area contributed by atoms with E-state index in [-0.39, 0.29) is 18.8 Å². The minimum atomic E-state index is -4.36. The zero-order valence-electron chi connectivity index (χ0n) is 11.3. The lowest BCUT2D eigenvalue weighted by molar-refractivity contribution is -0.175. The van der Waals surface area contributed by atoms with Gasteiger partial charge in [0.05, 0.1) is 13.7 Å². The average Bonchev–Trinajstić information content (AvgIpc) is 2.38. The van der Waals surface area contributed by atoms with E-state index >= 15 is 0 Å². The van der Waals surface area contributed by atoms with Crippen LogP contribution in [0.4, 0.5) is 17.6 Å². The Kier molecular flexibility index (Phi) is 6.22. The predicted molar refractivity (Wildman–Crippen MR) is 66.4 cm³/mol. The summed E-state index contributed by atoms with van der Waals surface area (Å²) >= 11 is 0. The van der Waals surface area contributed by atoms with Crippen LogP contribution in [0.3, 0.4) is 0 Å². The molecule has 0 bridgehead atoms. The van der Waals surface area contributed by atoms with E-state index < -0.39 is 24.6 Å². The summed E-state index contributed by atoms with van der Waals surface area (Å²) in [5.74, 6) is -0.403. The summed E-state index contributed by atoms with van der Waals surface area (Å²) in [6, 6.07) is 4.25. The van der Waals surface area contributed by atoms with E-state index in [1.54, 1.807) is 19.2 Å². The number of hydrogen-bond donors (Lipinski definition) is 1. The summed E-state index contributed by atoms with van der Waals surface area (Å²) in [6.45, 7) is -1.47. The molecule has 1 aromatic rings. The molecule has 0 aliphatic rings. The monoisotopic (exact) mass is 295 g/mol. The van der Waals surface area contributed by atoms with Gasteiger partial charge in [0.1, 0.15) is 6.61 Å². The molecule has 0 heterocycles. The first-order valence-corrected chi connectivity index (χ1v) is 6.00. The zero-order chi connectivity index (χ0) is 15.2. The largest absolute Gasteiger partial charge is 0.494 e. The third-order valence-electron chi connectivity index (χ3n) is 2.72. The maximum absolute atomic E-state index is 13.9. The van der Waals surface area contributed by atoms with Crippen LogP contribution < -0.4 is 10.1 Å². The molecule has 3 nitrogen and oxygen atoms in total. The molecule has 1 aromatic carbocycles. The number of halogens is 4. The minimum absolute atomic E-state index is 0.105. The van der Waals surface area contributed by atoms with E-state index in [1.807, 2.05) is 0 Å². The van der Waals surface area contributed by atoms with Crippen molar-refractivity contribution in [1.82, 2.24) is 5.32 Å². The number of alkyl halides is 3. The van der Waals surface area contributed by atoms with Crippen LogP contribution in [-0.4, -0.2) is 39.6 Å². The lowest BCUT2D eigenvalue weighted by atomic mass is 10.1. The first kappa shape index (κ1) is 16.7. The van der Waals surface area contributed by atoms with Gasteiger partial charge in [0.15, 0.2) is 11.6 Å². The lowest BCUT2D eigenvalue weighted by Gasteiger charge is -2.18. The third-order valence-corrected chi connectivity index (χ3v) is 2.72. The van der Waals surface area contributed by atoms with Crippen LogP contribution in [0.5, 0.6) is 5.75 Å². The van der Waals surface area contributed by atoms with Crippen LogP contribution in [0.1, 0.15) is 5.56 Å². The summed E-state index contributed by atoms with van der Waals surface area (Å²) in [7, 11) is 2.93. The summed E-state index contributed by atoms with van der Waals surface area (Å²) in [5.41, 5.74) is 0.360. The van der Waals surface area contributed by atoms with Crippen molar-refractivity contribution >= 4 is 0 Å². The van der Waals surface area contributed by atoms with E-state index in [9.17, 15) is 17.6 Å². The highest BCUT2D eigenvalue weighted by Crippen LogP contribution is 2.21. The molecule has 0 radical (unpaired) electrons. The summed E-state index contributed by atoms with van der Waals surface area (Å²) in [6.07, 6.45) is -4.16. The number of ether oxygens (including phenoxy) is 2. The van der Waals surface area contributed by atoms with Crippen LogP contribution in [0, 0.1) is 5.82 Å². The molecule has 0 aliphatic heterocycles. The van der Waals surface area contributed by atoms with Crippen LogP contribution >= 0.6 is 0 Å². The van der Waals surface area contributed by atoms with Gasteiger partial charge in [-0.25, -0.2) is 4.39 Å². The van der Waals surface area contributed by atoms with Crippen molar-refractivity contribution < 1.29 is 27.0 Å². The molecular weight excluding hydrogens is 278 g/mol. The fraction of sp³-hybridized carbons (Fsp3) is 0.538. The second-order valence-electron chi connectivity index (χ2n) is 4.25. The Bertz CT molecular complexity index is 423. The van der Waals surface area contributed by atoms with Gasteiger partial charge in [-0.2, -0.15) is 13.2 Å². The molecule has 0 aliphatic carbocycles. The van der Waals surface area contributed by atoms with E-state index in [4.69, 9.17) is 4.74 Å². The molecule has 7 heteroatoms. The molecule has 0 aromatic heterocycles. The SMILES string of the molecule is CNC(COCC(F)(F)F)Cc1cccc(OC)c1F. The molecule has 0 spiro atoms. The fourth-order valence-corrected chi connectivity index (χ4v) is 1.70. The highest BCUT2D eigenvalue weighted by Gasteiger charge is 2.28. The number of hydrogen-bond acceptors (Lipinski definition) is 3. The van der Waals surface area contributed by atoms with E-state index in [0.717, 1.165) is 0 Å². The van der Waals surface area contributed by atoms with Crippen LogP contribution in [-0.2, 0) is 11.2 Å². The molecule has 0 saturated heterocycles. The van der Waals surface area contributed by atoms with Gasteiger partial charge in [0.25, 0.3) is 0 Å². The molecule has 20 heavy (non-hydrogen) atoms. The van der Waals surface area contributed by atoms with Crippen molar-refractivity contribution in [2.24, 2.45) is 0 Å². The van der Waals surface area contributed by atoms with E-state index in [0.29, 0.717) is 5.56 Å². The molecule has 0 fully saturated rings. The van der Waals surface area contributed by atoms with Crippen molar-refractivity contribution in [1.29, 1.82) is 0 Å². The van der Waals surface area contributed by atoms with Crippen molar-refractivity contribution in [2.75, 3.05) is 27.4 Å². The second kappa shape index (κ2) is 7.44. The summed E-state index contributed by atoms with van der Waals surface area (Å²) in [5, 5.41) is 2.80. The highest BCUT2D eigenvalue weighted by molar-refractivity contribution is 5.31. The average molecular weight is 295 g/mol. The molecule has 0 amide bonds. The van der Waals surface area contributed by atoms with Crippen molar-refractivity contribution in [2.45, 2.75) is 18.6 Å². The first-order valence-electron chi connectivity index (χ1n) is 6.00. The predicted octanol–water partition coefficient (Wildman–Crippen LogP) is 2.54. The first-order chi connectivity index (χ1) is 9.37. The molecule has 114 valence electrons. The van der Waals surface area contributed by atoms with Gasteiger partial charge < -0.3 is 14.8 Å². The van der Waals surface area contributed by atoms with E-state index in [2.05, 4.69) is 10.1 Å². The number of benzene rings is 1. The maximum Gasteiger partial charge on any atom is 0.411 e. The number of likely N-dealkylation sites (N-methyl/N-ethyl adjacent to an activating group) is 1. The van der Waals surface area contributed by atoms with Crippen LogP contribution in [0.2, 0.25) is 0 Å². The molecule has 1 N–H and O–H groups in total. The summed E-state index contributed by atoms with van der Waals surface area (Å²) in [4.78, 5) is 0. The van der Waals surface area contributed by atoms with Crippen molar-refractivity contribution in [3.05, 3.63) is 29.6 Å². The number of methoxy groups -OCH3 is 1. The molecule has 0 saturated carbocycles. The van der Waals surface area contributed by atoms with Gasteiger partial charge >= 0.3 is 6.18 Å². The minimum Gasteiger partial charge on any atom is -0.494 e. The van der Waals surface area contributed by atoms with Gasteiger partial charge in [0.2, 0.25) is 0 Å². The third kappa shape index (κ3) is 5.34. The highest BCUT2D eigenvalue weighted by atomic mass is 19.4. The molecule has 1 unspecified atom stereocenters. The Labute approximate surface area is 114 Å². The van der Waals surface area contributed by atoms with Crippen LogP contribution in [0.15, 0.2) is 18.2 Å².